The second kappa shape index (κ2) is 11.7. The molecule has 2 aromatic rings. The van der Waals surface area contributed by atoms with Gasteiger partial charge in [-0.1, -0.05) is 24.3 Å². The molecule has 144 valence electrons. The molecule has 0 amide bonds. The highest BCUT2D eigenvalue weighted by Gasteiger charge is 2.07. The van der Waals surface area contributed by atoms with Crippen molar-refractivity contribution in [2.75, 3.05) is 19.8 Å². The third kappa shape index (κ3) is 7.13. The summed E-state index contributed by atoms with van der Waals surface area (Å²) < 4.78 is 15.6. The number of benzene rings is 2. The Kier molecular flexibility index (Phi) is 8.90. The van der Waals surface area contributed by atoms with Gasteiger partial charge in [-0.2, -0.15) is 0 Å². The minimum Gasteiger partial charge on any atom is -0.494 e. The molecule has 0 aliphatic rings. The van der Waals surface area contributed by atoms with E-state index in [0.717, 1.165) is 42.2 Å². The van der Waals surface area contributed by atoms with Crippen LogP contribution < -0.4 is 4.74 Å². The molecule has 0 saturated heterocycles. The predicted molar refractivity (Wildman–Crippen MR) is 105 cm³/mol. The molecule has 2 rings (SSSR count). The number of hydrogen-bond acceptors (Lipinski definition) is 5. The van der Waals surface area contributed by atoms with Gasteiger partial charge in [0.2, 0.25) is 0 Å². The van der Waals surface area contributed by atoms with Crippen molar-refractivity contribution < 1.29 is 23.8 Å². The molecule has 0 bridgehead atoms. The smallest absolute Gasteiger partial charge is 0.338 e. The zero-order valence-electron chi connectivity index (χ0n) is 15.7. The Bertz CT molecular complexity index is 766. The van der Waals surface area contributed by atoms with E-state index < -0.39 is 0 Å². The average Bonchev–Trinajstić information content (AvgIpc) is 2.69. The van der Waals surface area contributed by atoms with Crippen molar-refractivity contribution in [1.29, 1.82) is 0 Å². The molecule has 0 aliphatic carbocycles. The SMILES string of the molecule is C/C=C\COC(=O)c1ccc2cc(OCCCCCCOC=O)ccc2c1. The molecule has 0 fully saturated rings. The highest BCUT2D eigenvalue weighted by molar-refractivity contribution is 5.95. The van der Waals surface area contributed by atoms with Crippen LogP contribution in [-0.2, 0) is 14.3 Å². The lowest BCUT2D eigenvalue weighted by molar-refractivity contribution is -0.128. The number of unbranched alkanes of at least 4 members (excludes halogenated alkanes) is 3. The van der Waals surface area contributed by atoms with Gasteiger partial charge in [-0.15, -0.1) is 0 Å². The van der Waals surface area contributed by atoms with Crippen molar-refractivity contribution in [1.82, 2.24) is 0 Å². The van der Waals surface area contributed by atoms with Crippen LogP contribution in [-0.4, -0.2) is 32.3 Å². The van der Waals surface area contributed by atoms with Gasteiger partial charge in [0.15, 0.2) is 0 Å². The van der Waals surface area contributed by atoms with Gasteiger partial charge < -0.3 is 14.2 Å². The Labute approximate surface area is 159 Å². The standard InChI is InChI=1S/C22H26O5/c1-2-3-13-27-22(24)20-9-8-19-16-21(11-10-18(19)15-20)26-14-7-5-4-6-12-25-17-23/h2-3,8-11,15-17H,4-7,12-14H2,1H3/b3-2-. The third-order valence-electron chi connectivity index (χ3n) is 4.09. The Balaban J connectivity index is 1.82. The van der Waals surface area contributed by atoms with Crippen LogP contribution in [0.25, 0.3) is 10.8 Å². The highest BCUT2D eigenvalue weighted by Crippen LogP contribution is 2.23. The van der Waals surface area contributed by atoms with Gasteiger partial charge in [0, 0.05) is 0 Å². The van der Waals surface area contributed by atoms with Gasteiger partial charge in [0.1, 0.15) is 12.4 Å². The Morgan fingerprint density at radius 2 is 1.70 bits per heavy atom. The molecule has 0 radical (unpaired) electrons. The topological polar surface area (TPSA) is 61.8 Å². The molecule has 0 unspecified atom stereocenters. The average molecular weight is 370 g/mol. The summed E-state index contributed by atoms with van der Waals surface area (Å²) in [5, 5.41) is 1.99. The van der Waals surface area contributed by atoms with Gasteiger partial charge in [-0.05, 0) is 67.6 Å². The molecular formula is C22H26O5. The summed E-state index contributed by atoms with van der Waals surface area (Å²) in [7, 11) is 0. The lowest BCUT2D eigenvalue weighted by Gasteiger charge is -2.08. The Morgan fingerprint density at radius 1 is 0.963 bits per heavy atom. The van der Waals surface area contributed by atoms with Crippen LogP contribution >= 0.6 is 0 Å². The van der Waals surface area contributed by atoms with Gasteiger partial charge in [-0.3, -0.25) is 4.79 Å². The van der Waals surface area contributed by atoms with Gasteiger partial charge >= 0.3 is 5.97 Å². The Hall–Kier alpha value is -2.82. The number of carbonyl (C=O) groups is 2. The maximum absolute atomic E-state index is 12.0. The molecule has 0 saturated carbocycles. The molecule has 0 aliphatic heterocycles. The quantitative estimate of drug-likeness (QED) is 0.235. The summed E-state index contributed by atoms with van der Waals surface area (Å²) in [4.78, 5) is 22.0. The van der Waals surface area contributed by atoms with Crippen LogP contribution in [0.15, 0.2) is 48.6 Å². The van der Waals surface area contributed by atoms with Crippen molar-refractivity contribution in [3.63, 3.8) is 0 Å². The molecule has 27 heavy (non-hydrogen) atoms. The van der Waals surface area contributed by atoms with Crippen molar-refractivity contribution in [3.05, 3.63) is 54.1 Å². The molecule has 0 heterocycles. The number of esters is 1. The van der Waals surface area contributed by atoms with Crippen LogP contribution in [0.5, 0.6) is 5.75 Å². The first-order chi connectivity index (χ1) is 13.2. The lowest BCUT2D eigenvalue weighted by Crippen LogP contribution is -2.04. The van der Waals surface area contributed by atoms with Gasteiger partial charge in [0.25, 0.3) is 6.47 Å². The van der Waals surface area contributed by atoms with Crippen LogP contribution in [0, 0.1) is 0 Å². The van der Waals surface area contributed by atoms with Crippen molar-refractivity contribution in [3.8, 4) is 5.75 Å². The monoisotopic (exact) mass is 370 g/mol. The second-order valence-electron chi connectivity index (χ2n) is 6.12. The largest absolute Gasteiger partial charge is 0.494 e. The fourth-order valence-electron chi connectivity index (χ4n) is 2.62. The van der Waals surface area contributed by atoms with E-state index in [0.29, 0.717) is 25.2 Å². The lowest BCUT2D eigenvalue weighted by atomic mass is 10.1. The summed E-state index contributed by atoms with van der Waals surface area (Å²) in [5.41, 5.74) is 0.541. The van der Waals surface area contributed by atoms with E-state index in [1.165, 1.54) is 0 Å². The number of ether oxygens (including phenoxy) is 3. The zero-order valence-corrected chi connectivity index (χ0v) is 15.7. The number of allylic oxidation sites excluding steroid dienone is 1. The molecule has 5 nitrogen and oxygen atoms in total. The summed E-state index contributed by atoms with van der Waals surface area (Å²) in [6.45, 7) is 3.78. The van der Waals surface area contributed by atoms with E-state index >= 15 is 0 Å². The minimum absolute atomic E-state index is 0.282. The van der Waals surface area contributed by atoms with E-state index in [9.17, 15) is 9.59 Å². The maximum atomic E-state index is 12.0. The Morgan fingerprint density at radius 3 is 2.48 bits per heavy atom. The molecule has 2 aromatic carbocycles. The number of rotatable bonds is 12. The first-order valence-electron chi connectivity index (χ1n) is 9.24. The second-order valence-corrected chi connectivity index (χ2v) is 6.12. The first kappa shape index (κ1) is 20.5. The summed E-state index contributed by atoms with van der Waals surface area (Å²) in [6, 6.07) is 11.3. The molecule has 0 atom stereocenters. The van der Waals surface area contributed by atoms with Crippen LogP contribution in [0.1, 0.15) is 43.0 Å². The maximum Gasteiger partial charge on any atom is 0.338 e. The fourth-order valence-corrected chi connectivity index (χ4v) is 2.62. The summed E-state index contributed by atoms with van der Waals surface area (Å²) in [6.07, 6.45) is 7.53. The summed E-state index contributed by atoms with van der Waals surface area (Å²) in [5.74, 6) is 0.490. The van der Waals surface area contributed by atoms with E-state index in [4.69, 9.17) is 9.47 Å². The van der Waals surface area contributed by atoms with E-state index in [1.54, 1.807) is 12.1 Å². The predicted octanol–water partition coefficient (Wildman–Crippen LogP) is 4.68. The van der Waals surface area contributed by atoms with Crippen molar-refractivity contribution in [2.24, 2.45) is 0 Å². The molecule has 5 heteroatoms. The number of carbonyl (C=O) groups excluding carboxylic acids is 2. The van der Waals surface area contributed by atoms with Gasteiger partial charge in [0.05, 0.1) is 18.8 Å². The van der Waals surface area contributed by atoms with E-state index in [2.05, 4.69) is 4.74 Å². The van der Waals surface area contributed by atoms with Crippen LogP contribution in [0.2, 0.25) is 0 Å². The van der Waals surface area contributed by atoms with Gasteiger partial charge in [-0.25, -0.2) is 4.79 Å². The van der Waals surface area contributed by atoms with E-state index in [-0.39, 0.29) is 12.6 Å². The summed E-state index contributed by atoms with van der Waals surface area (Å²) >= 11 is 0. The zero-order chi connectivity index (χ0) is 19.3. The molecule has 0 N–H and O–H groups in total. The van der Waals surface area contributed by atoms with E-state index in [1.807, 2.05) is 43.3 Å². The molecule has 0 spiro atoms. The molecular weight excluding hydrogens is 344 g/mol. The molecule has 0 aromatic heterocycles. The normalized spacial score (nSPS) is 10.9. The van der Waals surface area contributed by atoms with Crippen LogP contribution in [0.4, 0.5) is 0 Å². The highest BCUT2D eigenvalue weighted by atomic mass is 16.5. The fraction of sp³-hybridized carbons (Fsp3) is 0.364. The first-order valence-corrected chi connectivity index (χ1v) is 9.24. The van der Waals surface area contributed by atoms with Crippen molar-refractivity contribution in [2.45, 2.75) is 32.6 Å². The van der Waals surface area contributed by atoms with Crippen molar-refractivity contribution >= 4 is 23.2 Å². The van der Waals surface area contributed by atoms with Crippen LogP contribution in [0.3, 0.4) is 0 Å². The number of fused-ring (bicyclic) bond motifs is 1. The minimum atomic E-state index is -0.325. The number of hydrogen-bond donors (Lipinski definition) is 0. The third-order valence-corrected chi connectivity index (χ3v) is 4.09.